The zero-order chi connectivity index (χ0) is 15.5. The van der Waals surface area contributed by atoms with Gasteiger partial charge in [0.15, 0.2) is 0 Å². The van der Waals surface area contributed by atoms with E-state index in [1.807, 2.05) is 6.07 Å². The van der Waals surface area contributed by atoms with Crippen molar-refractivity contribution in [2.75, 3.05) is 20.6 Å². The van der Waals surface area contributed by atoms with Crippen molar-refractivity contribution in [3.63, 3.8) is 0 Å². The third-order valence-electron chi connectivity index (χ3n) is 4.26. The van der Waals surface area contributed by atoms with Gasteiger partial charge in [0.25, 0.3) is 0 Å². The van der Waals surface area contributed by atoms with Crippen molar-refractivity contribution >= 4 is 17.2 Å². The quantitative estimate of drug-likeness (QED) is 0.785. The molecule has 0 fully saturated rings. The second-order valence-electron chi connectivity index (χ2n) is 6.17. The topological polar surface area (TPSA) is 3.24 Å². The fraction of sp³-hybridized carbons (Fsp3) is 0.300. The molecule has 0 aliphatic heterocycles. The second kappa shape index (κ2) is 6.68. The van der Waals surface area contributed by atoms with Gasteiger partial charge in [-0.1, -0.05) is 48.0 Å². The van der Waals surface area contributed by atoms with E-state index in [1.165, 1.54) is 27.8 Å². The number of halogens is 1. The molecule has 0 spiro atoms. The summed E-state index contributed by atoms with van der Waals surface area (Å²) in [4.78, 5) is 2.22. The number of hydrogen-bond donors (Lipinski definition) is 0. The van der Waals surface area contributed by atoms with Gasteiger partial charge >= 0.3 is 0 Å². The van der Waals surface area contributed by atoms with Crippen LogP contribution in [0.4, 0.5) is 0 Å². The van der Waals surface area contributed by atoms with Crippen molar-refractivity contribution in [2.24, 2.45) is 0 Å². The highest BCUT2D eigenvalue weighted by Gasteiger charge is 2.17. The van der Waals surface area contributed by atoms with Crippen LogP contribution in [-0.2, 0) is 12.8 Å². The van der Waals surface area contributed by atoms with E-state index in [4.69, 9.17) is 11.6 Å². The number of aryl methyl sites for hydroxylation is 2. The third-order valence-corrected chi connectivity index (χ3v) is 4.49. The van der Waals surface area contributed by atoms with E-state index in [1.54, 1.807) is 0 Å². The lowest BCUT2D eigenvalue weighted by Gasteiger charge is -2.13. The molecule has 0 amide bonds. The Morgan fingerprint density at radius 1 is 1.00 bits per heavy atom. The minimum atomic E-state index is 0.816. The summed E-state index contributed by atoms with van der Waals surface area (Å²) >= 11 is 6.27. The molecule has 114 valence electrons. The first-order chi connectivity index (χ1) is 10.6. The Morgan fingerprint density at radius 2 is 1.73 bits per heavy atom. The van der Waals surface area contributed by atoms with E-state index in [-0.39, 0.29) is 0 Å². The summed E-state index contributed by atoms with van der Waals surface area (Å²) in [5.41, 5.74) is 6.84. The maximum absolute atomic E-state index is 6.27. The number of benzene rings is 2. The van der Waals surface area contributed by atoms with Crippen LogP contribution >= 0.6 is 11.6 Å². The van der Waals surface area contributed by atoms with Crippen LogP contribution in [0.5, 0.6) is 0 Å². The summed E-state index contributed by atoms with van der Waals surface area (Å²) < 4.78 is 0. The van der Waals surface area contributed by atoms with Crippen molar-refractivity contribution in [1.82, 2.24) is 4.90 Å². The van der Waals surface area contributed by atoms with Crippen molar-refractivity contribution in [1.29, 1.82) is 0 Å². The number of fused-ring (bicyclic) bond motifs is 2. The zero-order valence-electron chi connectivity index (χ0n) is 13.3. The number of hydrogen-bond acceptors (Lipinski definition) is 1. The zero-order valence-corrected chi connectivity index (χ0v) is 14.0. The minimum absolute atomic E-state index is 0.816. The van der Waals surface area contributed by atoms with Crippen LogP contribution in [0.15, 0.2) is 48.5 Å². The molecule has 0 heterocycles. The van der Waals surface area contributed by atoms with Gasteiger partial charge in [0, 0.05) is 11.6 Å². The van der Waals surface area contributed by atoms with Gasteiger partial charge in [-0.3, -0.25) is 0 Å². The summed E-state index contributed by atoms with van der Waals surface area (Å²) in [6.45, 7) is 1.06. The number of rotatable bonds is 3. The molecule has 0 saturated carbocycles. The minimum Gasteiger partial charge on any atom is -0.309 e. The first-order valence-corrected chi connectivity index (χ1v) is 8.25. The molecule has 1 nitrogen and oxygen atoms in total. The Bertz CT molecular complexity index is 701. The van der Waals surface area contributed by atoms with Gasteiger partial charge in [0.05, 0.1) is 0 Å². The van der Waals surface area contributed by atoms with Crippen LogP contribution in [-0.4, -0.2) is 25.5 Å². The molecular formula is C20H22ClN. The maximum Gasteiger partial charge on any atom is 0.0412 e. The summed E-state index contributed by atoms with van der Waals surface area (Å²) in [6, 6.07) is 15.1. The molecule has 0 saturated heterocycles. The lowest BCUT2D eigenvalue weighted by atomic mass is 9.93. The molecule has 2 aromatic carbocycles. The van der Waals surface area contributed by atoms with E-state index in [2.05, 4.69) is 61.5 Å². The van der Waals surface area contributed by atoms with Crippen molar-refractivity contribution in [3.05, 3.63) is 75.8 Å². The fourth-order valence-corrected chi connectivity index (χ4v) is 3.29. The Balaban J connectivity index is 2.10. The Hall–Kier alpha value is -1.57. The highest BCUT2D eigenvalue weighted by Crippen LogP contribution is 2.35. The molecule has 2 aromatic rings. The van der Waals surface area contributed by atoms with Crippen LogP contribution in [0.3, 0.4) is 0 Å². The lowest BCUT2D eigenvalue weighted by Crippen LogP contribution is -2.12. The molecule has 0 bridgehead atoms. The normalized spacial score (nSPS) is 15.5. The summed E-state index contributed by atoms with van der Waals surface area (Å²) in [5.74, 6) is 0. The molecule has 1 aliphatic carbocycles. The number of nitrogens with zero attached hydrogens (tertiary/aromatic N) is 1. The predicted molar refractivity (Wildman–Crippen MR) is 95.6 cm³/mol. The molecule has 3 rings (SSSR count). The third kappa shape index (κ3) is 3.26. The van der Waals surface area contributed by atoms with Gasteiger partial charge in [0.2, 0.25) is 0 Å². The summed E-state index contributed by atoms with van der Waals surface area (Å²) in [7, 11) is 4.23. The average molecular weight is 312 g/mol. The summed E-state index contributed by atoms with van der Waals surface area (Å²) in [5, 5.41) is 0.816. The molecule has 0 aromatic heterocycles. The van der Waals surface area contributed by atoms with Gasteiger partial charge in [-0.25, -0.2) is 0 Å². The van der Waals surface area contributed by atoms with E-state index < -0.39 is 0 Å². The Kier molecular flexibility index (Phi) is 4.66. The average Bonchev–Trinajstić information content (AvgIpc) is 2.65. The van der Waals surface area contributed by atoms with E-state index >= 15 is 0 Å². The SMILES string of the molecule is CN(C)CCC=C1c2ccccc2CCc2ccc(Cl)cc21. The molecule has 0 unspecified atom stereocenters. The predicted octanol–water partition coefficient (Wildman–Crippen LogP) is 4.82. The van der Waals surface area contributed by atoms with Gasteiger partial charge in [-0.05, 0) is 73.3 Å². The maximum atomic E-state index is 6.27. The Morgan fingerprint density at radius 3 is 2.50 bits per heavy atom. The summed E-state index contributed by atoms with van der Waals surface area (Å²) in [6.07, 6.45) is 5.59. The smallest absolute Gasteiger partial charge is 0.0412 e. The van der Waals surface area contributed by atoms with Crippen molar-refractivity contribution in [3.8, 4) is 0 Å². The van der Waals surface area contributed by atoms with Gasteiger partial charge in [0.1, 0.15) is 0 Å². The van der Waals surface area contributed by atoms with Crippen LogP contribution < -0.4 is 0 Å². The largest absolute Gasteiger partial charge is 0.309 e. The van der Waals surface area contributed by atoms with Crippen LogP contribution in [0.2, 0.25) is 5.02 Å². The molecular weight excluding hydrogens is 290 g/mol. The highest BCUT2D eigenvalue weighted by atomic mass is 35.5. The molecule has 1 aliphatic rings. The fourth-order valence-electron chi connectivity index (χ4n) is 3.12. The molecule has 0 N–H and O–H groups in total. The van der Waals surface area contributed by atoms with Crippen molar-refractivity contribution in [2.45, 2.75) is 19.3 Å². The van der Waals surface area contributed by atoms with Crippen LogP contribution in [0.25, 0.3) is 5.57 Å². The van der Waals surface area contributed by atoms with E-state index in [0.29, 0.717) is 0 Å². The second-order valence-corrected chi connectivity index (χ2v) is 6.60. The van der Waals surface area contributed by atoms with Crippen LogP contribution in [0.1, 0.15) is 28.7 Å². The lowest BCUT2D eigenvalue weighted by molar-refractivity contribution is 0.417. The highest BCUT2D eigenvalue weighted by molar-refractivity contribution is 6.30. The monoisotopic (exact) mass is 311 g/mol. The first-order valence-electron chi connectivity index (χ1n) is 7.87. The first kappa shape index (κ1) is 15.3. The Labute approximate surface area is 138 Å². The molecule has 0 radical (unpaired) electrons. The van der Waals surface area contributed by atoms with Crippen LogP contribution in [0, 0.1) is 0 Å². The van der Waals surface area contributed by atoms with Gasteiger partial charge in [-0.2, -0.15) is 0 Å². The van der Waals surface area contributed by atoms with Gasteiger partial charge < -0.3 is 4.90 Å². The van der Waals surface area contributed by atoms with E-state index in [9.17, 15) is 0 Å². The van der Waals surface area contributed by atoms with Gasteiger partial charge in [-0.15, -0.1) is 0 Å². The molecule has 22 heavy (non-hydrogen) atoms. The standard InChI is InChI=1S/C20H22ClN/c1-22(2)13-5-8-19-18-7-4-3-6-15(18)9-10-16-11-12-17(21)14-20(16)19/h3-4,6-8,11-12,14H,5,9-10,13H2,1-2H3. The van der Waals surface area contributed by atoms with E-state index in [0.717, 1.165) is 30.8 Å². The van der Waals surface area contributed by atoms with Crippen molar-refractivity contribution < 1.29 is 0 Å². The molecule has 2 heteroatoms. The molecule has 0 atom stereocenters.